The summed E-state index contributed by atoms with van der Waals surface area (Å²) < 4.78 is 15.9. The van der Waals surface area contributed by atoms with Gasteiger partial charge in [-0.15, -0.1) is 10.2 Å². The van der Waals surface area contributed by atoms with Crippen LogP contribution in [0.25, 0.3) is 0 Å². The molecule has 1 amide bonds. The number of likely N-dealkylation sites (tertiary alicyclic amines) is 1. The molecular weight excluding hydrogens is 321 g/mol. The zero-order valence-electron chi connectivity index (χ0n) is 14.3. The van der Waals surface area contributed by atoms with E-state index >= 15 is 0 Å². The van der Waals surface area contributed by atoms with Crippen LogP contribution in [0, 0.1) is 12.7 Å². The molecular formula is C18H22FN5O. The second-order valence-corrected chi connectivity index (χ2v) is 6.83. The van der Waals surface area contributed by atoms with Crippen LogP contribution in [0.3, 0.4) is 0 Å². The first-order valence-corrected chi connectivity index (χ1v) is 8.81. The van der Waals surface area contributed by atoms with Crippen molar-refractivity contribution in [2.75, 3.05) is 19.6 Å². The molecule has 1 N–H and O–H groups in total. The second kappa shape index (κ2) is 6.55. The second-order valence-electron chi connectivity index (χ2n) is 6.83. The lowest BCUT2D eigenvalue weighted by atomic mass is 9.95. The predicted molar refractivity (Wildman–Crippen MR) is 90.7 cm³/mol. The summed E-state index contributed by atoms with van der Waals surface area (Å²) in [7, 11) is 0. The third kappa shape index (κ3) is 3.04. The zero-order valence-corrected chi connectivity index (χ0v) is 14.3. The SMILES string of the molecule is Cc1ccc(C(=O)N2CCC(c3nnc4n3CCNC4)CC2)cc1F. The van der Waals surface area contributed by atoms with Gasteiger partial charge in [0.05, 0.1) is 6.54 Å². The molecule has 0 unspecified atom stereocenters. The molecule has 25 heavy (non-hydrogen) atoms. The number of aromatic nitrogens is 3. The molecule has 3 heterocycles. The molecule has 0 aliphatic carbocycles. The molecule has 0 bridgehead atoms. The smallest absolute Gasteiger partial charge is 0.253 e. The standard InChI is InChI=1S/C18H22FN5O/c1-12-2-3-14(10-15(12)19)18(25)23-7-4-13(5-8-23)17-22-21-16-11-20-6-9-24(16)17/h2-3,10,13,20H,4-9,11H2,1H3. The summed E-state index contributed by atoms with van der Waals surface area (Å²) in [6.45, 7) is 5.64. The van der Waals surface area contributed by atoms with E-state index in [1.807, 2.05) is 4.90 Å². The maximum Gasteiger partial charge on any atom is 0.253 e. The van der Waals surface area contributed by atoms with Crippen molar-refractivity contribution in [1.82, 2.24) is 25.0 Å². The highest BCUT2D eigenvalue weighted by molar-refractivity contribution is 5.94. The highest BCUT2D eigenvalue weighted by Crippen LogP contribution is 2.28. The number of rotatable bonds is 2. The van der Waals surface area contributed by atoms with Gasteiger partial charge in [-0.3, -0.25) is 4.79 Å². The van der Waals surface area contributed by atoms with Crippen LogP contribution >= 0.6 is 0 Å². The van der Waals surface area contributed by atoms with Crippen molar-refractivity contribution in [3.8, 4) is 0 Å². The average molecular weight is 343 g/mol. The molecule has 0 atom stereocenters. The number of hydrogen-bond acceptors (Lipinski definition) is 4. The van der Waals surface area contributed by atoms with Gasteiger partial charge in [-0.2, -0.15) is 0 Å². The number of benzene rings is 1. The van der Waals surface area contributed by atoms with Crippen molar-refractivity contribution in [2.45, 2.75) is 38.8 Å². The first-order valence-electron chi connectivity index (χ1n) is 8.81. The van der Waals surface area contributed by atoms with E-state index in [0.717, 1.165) is 44.1 Å². The number of amides is 1. The van der Waals surface area contributed by atoms with Crippen LogP contribution in [-0.4, -0.2) is 45.2 Å². The van der Waals surface area contributed by atoms with E-state index in [4.69, 9.17) is 0 Å². The fraction of sp³-hybridized carbons (Fsp3) is 0.500. The molecule has 1 saturated heterocycles. The first kappa shape index (κ1) is 16.2. The number of aryl methyl sites for hydroxylation is 1. The summed E-state index contributed by atoms with van der Waals surface area (Å²) >= 11 is 0. The summed E-state index contributed by atoms with van der Waals surface area (Å²) in [6, 6.07) is 4.70. The largest absolute Gasteiger partial charge is 0.339 e. The molecule has 6 nitrogen and oxygen atoms in total. The van der Waals surface area contributed by atoms with Crippen molar-refractivity contribution in [3.63, 3.8) is 0 Å². The Hall–Kier alpha value is -2.28. The van der Waals surface area contributed by atoms with E-state index in [9.17, 15) is 9.18 Å². The van der Waals surface area contributed by atoms with Gasteiger partial charge >= 0.3 is 0 Å². The Kier molecular flexibility index (Phi) is 4.25. The van der Waals surface area contributed by atoms with Gasteiger partial charge in [0.2, 0.25) is 0 Å². The van der Waals surface area contributed by atoms with Gasteiger partial charge in [0, 0.05) is 37.7 Å². The number of carbonyl (C=O) groups is 1. The van der Waals surface area contributed by atoms with Gasteiger partial charge in [0.25, 0.3) is 5.91 Å². The van der Waals surface area contributed by atoms with Crippen LogP contribution in [0.2, 0.25) is 0 Å². The van der Waals surface area contributed by atoms with Gasteiger partial charge in [0.1, 0.15) is 17.5 Å². The molecule has 0 spiro atoms. The Morgan fingerprint density at radius 2 is 2.04 bits per heavy atom. The molecule has 2 aliphatic heterocycles. The highest BCUT2D eigenvalue weighted by atomic mass is 19.1. The third-order valence-electron chi connectivity index (χ3n) is 5.22. The number of hydrogen-bond donors (Lipinski definition) is 1. The first-order chi connectivity index (χ1) is 12.1. The lowest BCUT2D eigenvalue weighted by molar-refractivity contribution is 0.0709. The van der Waals surface area contributed by atoms with E-state index < -0.39 is 0 Å². The molecule has 0 radical (unpaired) electrons. The van der Waals surface area contributed by atoms with E-state index in [1.165, 1.54) is 6.07 Å². The minimum absolute atomic E-state index is 0.0928. The van der Waals surface area contributed by atoms with E-state index in [1.54, 1.807) is 19.1 Å². The van der Waals surface area contributed by atoms with E-state index in [-0.39, 0.29) is 11.7 Å². The van der Waals surface area contributed by atoms with E-state index in [0.29, 0.717) is 30.1 Å². The van der Waals surface area contributed by atoms with Gasteiger partial charge in [-0.1, -0.05) is 6.07 Å². The zero-order chi connectivity index (χ0) is 17.4. The summed E-state index contributed by atoms with van der Waals surface area (Å²) in [4.78, 5) is 14.4. The molecule has 132 valence electrons. The van der Waals surface area contributed by atoms with Crippen LogP contribution < -0.4 is 5.32 Å². The van der Waals surface area contributed by atoms with Crippen LogP contribution in [-0.2, 0) is 13.1 Å². The summed E-state index contributed by atoms with van der Waals surface area (Å²) in [5.74, 6) is 1.95. The maximum atomic E-state index is 13.7. The van der Waals surface area contributed by atoms with Gasteiger partial charge in [0.15, 0.2) is 0 Å². The fourth-order valence-electron chi connectivity index (χ4n) is 3.67. The number of piperidine rings is 1. The van der Waals surface area contributed by atoms with E-state index in [2.05, 4.69) is 20.1 Å². The van der Waals surface area contributed by atoms with Crippen LogP contribution in [0.4, 0.5) is 4.39 Å². The van der Waals surface area contributed by atoms with Crippen molar-refractivity contribution >= 4 is 5.91 Å². The van der Waals surface area contributed by atoms with Gasteiger partial charge in [-0.25, -0.2) is 4.39 Å². The monoisotopic (exact) mass is 343 g/mol. The number of carbonyl (C=O) groups excluding carboxylic acids is 1. The number of halogens is 1. The summed E-state index contributed by atoms with van der Waals surface area (Å²) in [5.41, 5.74) is 0.980. The van der Waals surface area contributed by atoms with Crippen LogP contribution in [0.1, 0.15) is 46.3 Å². The summed E-state index contributed by atoms with van der Waals surface area (Å²) in [6.07, 6.45) is 1.73. The van der Waals surface area contributed by atoms with Crippen molar-refractivity contribution in [3.05, 3.63) is 46.8 Å². The molecule has 2 aliphatic rings. The Bertz CT molecular complexity index is 795. The minimum Gasteiger partial charge on any atom is -0.339 e. The number of nitrogens with one attached hydrogen (secondary N) is 1. The quantitative estimate of drug-likeness (QED) is 0.904. The Labute approximate surface area is 146 Å². The molecule has 7 heteroatoms. The lowest BCUT2D eigenvalue weighted by Gasteiger charge is -2.32. The molecule has 1 aromatic heterocycles. The Morgan fingerprint density at radius 1 is 1.24 bits per heavy atom. The lowest BCUT2D eigenvalue weighted by Crippen LogP contribution is -2.39. The minimum atomic E-state index is -0.329. The van der Waals surface area contributed by atoms with Crippen molar-refractivity contribution in [2.24, 2.45) is 0 Å². The molecule has 0 saturated carbocycles. The number of nitrogens with zero attached hydrogens (tertiary/aromatic N) is 4. The van der Waals surface area contributed by atoms with Gasteiger partial charge < -0.3 is 14.8 Å². The molecule has 2 aromatic rings. The van der Waals surface area contributed by atoms with Crippen molar-refractivity contribution in [1.29, 1.82) is 0 Å². The van der Waals surface area contributed by atoms with Crippen LogP contribution in [0.15, 0.2) is 18.2 Å². The van der Waals surface area contributed by atoms with Gasteiger partial charge in [-0.05, 0) is 37.5 Å². The summed E-state index contributed by atoms with van der Waals surface area (Å²) in [5, 5.41) is 12.0. The molecule has 1 aromatic carbocycles. The maximum absolute atomic E-state index is 13.7. The third-order valence-corrected chi connectivity index (χ3v) is 5.22. The van der Waals surface area contributed by atoms with Crippen LogP contribution in [0.5, 0.6) is 0 Å². The predicted octanol–water partition coefficient (Wildman–Crippen LogP) is 1.85. The average Bonchev–Trinajstić information content (AvgIpc) is 3.08. The fourth-order valence-corrected chi connectivity index (χ4v) is 3.67. The Balaban J connectivity index is 1.43. The topological polar surface area (TPSA) is 63.1 Å². The molecule has 1 fully saturated rings. The normalized spacial score (nSPS) is 18.2. The van der Waals surface area contributed by atoms with Crippen molar-refractivity contribution < 1.29 is 9.18 Å². The number of fused-ring (bicyclic) bond motifs is 1. The highest BCUT2D eigenvalue weighted by Gasteiger charge is 2.29. The molecule has 4 rings (SSSR count). The Morgan fingerprint density at radius 3 is 2.80 bits per heavy atom.